The van der Waals surface area contributed by atoms with Crippen LogP contribution in [0.15, 0.2) is 11.6 Å². The standard InChI is InChI=1S/C29H52O5/c1-19(2)9-8-10-21(4)23(30)11-12-24(31)25-13-14-26-29(7,34-25)18-16-27(32-26)28(6)17-15-20(3)22(5)33-28/h9,20-27,30-31H,8,10-18H2,1-7H3. The van der Waals surface area contributed by atoms with Crippen LogP contribution in [0.4, 0.5) is 0 Å². The topological polar surface area (TPSA) is 68.2 Å². The molecule has 0 aromatic carbocycles. The van der Waals surface area contributed by atoms with Crippen LogP contribution in [0.5, 0.6) is 0 Å². The van der Waals surface area contributed by atoms with Gasteiger partial charge in [-0.05, 0) is 111 Å². The highest BCUT2D eigenvalue weighted by molar-refractivity contribution is 5.01. The van der Waals surface area contributed by atoms with Gasteiger partial charge in [-0.1, -0.05) is 25.5 Å². The van der Waals surface area contributed by atoms with Crippen molar-refractivity contribution < 1.29 is 24.4 Å². The lowest BCUT2D eigenvalue weighted by atomic mass is 9.76. The lowest BCUT2D eigenvalue weighted by Crippen LogP contribution is -2.61. The zero-order chi connectivity index (χ0) is 25.1. The molecule has 0 radical (unpaired) electrons. The smallest absolute Gasteiger partial charge is 0.0921 e. The summed E-state index contributed by atoms with van der Waals surface area (Å²) in [6.07, 6.45) is 10.5. The molecular formula is C29H52O5. The van der Waals surface area contributed by atoms with E-state index in [1.165, 1.54) is 12.0 Å². The Morgan fingerprint density at radius 1 is 0.912 bits per heavy atom. The molecule has 0 aliphatic carbocycles. The van der Waals surface area contributed by atoms with Gasteiger partial charge in [-0.2, -0.15) is 0 Å². The average Bonchev–Trinajstić information content (AvgIpc) is 2.78. The number of hydrogen-bond donors (Lipinski definition) is 2. The molecule has 0 spiro atoms. The van der Waals surface area contributed by atoms with E-state index < -0.39 is 6.10 Å². The minimum atomic E-state index is -0.545. The van der Waals surface area contributed by atoms with Crippen LogP contribution in [0.1, 0.15) is 113 Å². The molecule has 0 amide bonds. The Hall–Kier alpha value is -0.460. The van der Waals surface area contributed by atoms with Crippen LogP contribution in [0.2, 0.25) is 0 Å². The van der Waals surface area contributed by atoms with Gasteiger partial charge in [-0.15, -0.1) is 0 Å². The average molecular weight is 481 g/mol. The van der Waals surface area contributed by atoms with E-state index in [-0.39, 0.29) is 47.6 Å². The summed E-state index contributed by atoms with van der Waals surface area (Å²) < 4.78 is 19.7. The Balaban J connectivity index is 1.47. The highest BCUT2D eigenvalue weighted by atomic mass is 16.6. The van der Waals surface area contributed by atoms with E-state index in [1.54, 1.807) is 0 Å². The number of aliphatic hydroxyl groups is 2. The Morgan fingerprint density at radius 3 is 2.24 bits per heavy atom. The Labute approximate surface area is 208 Å². The van der Waals surface area contributed by atoms with Crippen LogP contribution in [-0.4, -0.2) is 58.0 Å². The molecule has 10 atom stereocenters. The summed E-state index contributed by atoms with van der Waals surface area (Å²) in [5.74, 6) is 0.829. The molecule has 2 N–H and O–H groups in total. The van der Waals surface area contributed by atoms with Gasteiger partial charge in [0.1, 0.15) is 0 Å². The van der Waals surface area contributed by atoms with Crippen molar-refractivity contribution >= 4 is 0 Å². The van der Waals surface area contributed by atoms with Crippen LogP contribution >= 0.6 is 0 Å². The predicted molar refractivity (Wildman–Crippen MR) is 137 cm³/mol. The zero-order valence-electron chi connectivity index (χ0n) is 22.9. The van der Waals surface area contributed by atoms with Crippen molar-refractivity contribution in [1.82, 2.24) is 0 Å². The largest absolute Gasteiger partial charge is 0.393 e. The molecule has 0 aromatic heterocycles. The molecule has 0 saturated carbocycles. The van der Waals surface area contributed by atoms with E-state index in [1.807, 2.05) is 0 Å². The summed E-state index contributed by atoms with van der Waals surface area (Å²) >= 11 is 0. The van der Waals surface area contributed by atoms with Gasteiger partial charge >= 0.3 is 0 Å². The monoisotopic (exact) mass is 480 g/mol. The van der Waals surface area contributed by atoms with Gasteiger partial charge in [0.05, 0.1) is 47.8 Å². The molecule has 198 valence electrons. The Morgan fingerprint density at radius 2 is 1.56 bits per heavy atom. The van der Waals surface area contributed by atoms with Gasteiger partial charge < -0.3 is 24.4 Å². The number of aliphatic hydroxyl groups excluding tert-OH is 2. The lowest BCUT2D eigenvalue weighted by molar-refractivity contribution is -0.289. The molecule has 3 rings (SSSR count). The Kier molecular flexibility index (Phi) is 9.70. The van der Waals surface area contributed by atoms with Crippen molar-refractivity contribution in [2.24, 2.45) is 11.8 Å². The highest BCUT2D eigenvalue weighted by Gasteiger charge is 2.52. The van der Waals surface area contributed by atoms with Gasteiger partial charge in [0.15, 0.2) is 0 Å². The third kappa shape index (κ3) is 6.85. The molecule has 3 aliphatic heterocycles. The van der Waals surface area contributed by atoms with Crippen molar-refractivity contribution in [2.75, 3.05) is 0 Å². The molecule has 3 aliphatic rings. The molecule has 3 fully saturated rings. The van der Waals surface area contributed by atoms with Crippen molar-refractivity contribution in [1.29, 1.82) is 0 Å². The van der Waals surface area contributed by atoms with Crippen molar-refractivity contribution in [3.8, 4) is 0 Å². The van der Waals surface area contributed by atoms with Crippen molar-refractivity contribution in [2.45, 2.75) is 161 Å². The van der Waals surface area contributed by atoms with E-state index in [4.69, 9.17) is 14.2 Å². The third-order valence-electron chi connectivity index (χ3n) is 9.10. The number of allylic oxidation sites excluding steroid dienone is 2. The molecule has 3 saturated heterocycles. The fourth-order valence-electron chi connectivity index (χ4n) is 6.16. The first-order valence-corrected chi connectivity index (χ1v) is 13.9. The molecule has 0 aromatic rings. The third-order valence-corrected chi connectivity index (χ3v) is 9.10. The van der Waals surface area contributed by atoms with Crippen LogP contribution in [0.25, 0.3) is 0 Å². The molecule has 10 unspecified atom stereocenters. The van der Waals surface area contributed by atoms with Gasteiger partial charge in [0, 0.05) is 0 Å². The summed E-state index contributed by atoms with van der Waals surface area (Å²) in [6.45, 7) is 15.2. The number of fused-ring (bicyclic) bond motifs is 1. The fraction of sp³-hybridized carbons (Fsp3) is 0.931. The summed E-state index contributed by atoms with van der Waals surface area (Å²) in [5, 5.41) is 21.5. The quantitative estimate of drug-likeness (QED) is 0.399. The van der Waals surface area contributed by atoms with Crippen LogP contribution in [0, 0.1) is 11.8 Å². The fourth-order valence-corrected chi connectivity index (χ4v) is 6.16. The number of hydrogen-bond acceptors (Lipinski definition) is 5. The maximum Gasteiger partial charge on any atom is 0.0921 e. The molecule has 5 nitrogen and oxygen atoms in total. The second-order valence-corrected chi connectivity index (χ2v) is 12.4. The minimum Gasteiger partial charge on any atom is -0.393 e. The number of rotatable bonds is 9. The minimum absolute atomic E-state index is 0.0467. The first-order valence-electron chi connectivity index (χ1n) is 13.9. The summed E-state index contributed by atoms with van der Waals surface area (Å²) in [7, 11) is 0. The predicted octanol–water partition coefficient (Wildman–Crippen LogP) is 5.95. The van der Waals surface area contributed by atoms with Crippen molar-refractivity contribution in [3.05, 3.63) is 11.6 Å². The van der Waals surface area contributed by atoms with E-state index in [9.17, 15) is 10.2 Å². The van der Waals surface area contributed by atoms with E-state index in [0.29, 0.717) is 18.8 Å². The maximum absolute atomic E-state index is 10.9. The van der Waals surface area contributed by atoms with Gasteiger partial charge in [0.25, 0.3) is 0 Å². The first kappa shape index (κ1) is 28.1. The van der Waals surface area contributed by atoms with Crippen molar-refractivity contribution in [3.63, 3.8) is 0 Å². The van der Waals surface area contributed by atoms with Gasteiger partial charge in [0.2, 0.25) is 0 Å². The number of ether oxygens (including phenoxy) is 3. The van der Waals surface area contributed by atoms with Crippen LogP contribution in [-0.2, 0) is 14.2 Å². The second-order valence-electron chi connectivity index (χ2n) is 12.4. The maximum atomic E-state index is 10.9. The SMILES string of the molecule is CC(C)=CCCC(C)C(O)CCC(O)C1CCC2OC(C3(C)CCC(C)C(C)O3)CCC2(C)O1. The Bertz CT molecular complexity index is 675. The van der Waals surface area contributed by atoms with E-state index >= 15 is 0 Å². The lowest BCUT2D eigenvalue weighted by Gasteiger charge is -2.54. The summed E-state index contributed by atoms with van der Waals surface area (Å²) in [4.78, 5) is 0. The first-order chi connectivity index (χ1) is 15.9. The summed E-state index contributed by atoms with van der Waals surface area (Å²) in [5.41, 5.74) is 0.740. The summed E-state index contributed by atoms with van der Waals surface area (Å²) in [6, 6.07) is 0. The van der Waals surface area contributed by atoms with Crippen LogP contribution < -0.4 is 0 Å². The van der Waals surface area contributed by atoms with Gasteiger partial charge in [-0.3, -0.25) is 0 Å². The zero-order valence-corrected chi connectivity index (χ0v) is 22.9. The van der Waals surface area contributed by atoms with Gasteiger partial charge in [-0.25, -0.2) is 0 Å². The molecule has 5 heteroatoms. The normalized spacial score (nSPS) is 41.3. The molecule has 34 heavy (non-hydrogen) atoms. The van der Waals surface area contributed by atoms with E-state index in [2.05, 4.69) is 54.5 Å². The molecule has 0 bridgehead atoms. The highest BCUT2D eigenvalue weighted by Crippen LogP contribution is 2.46. The second kappa shape index (κ2) is 11.7. The molecule has 3 heterocycles. The molecular weight excluding hydrogens is 428 g/mol. The van der Waals surface area contributed by atoms with E-state index in [0.717, 1.165) is 44.9 Å². The van der Waals surface area contributed by atoms with Crippen LogP contribution in [0.3, 0.4) is 0 Å².